The number of benzene rings is 2. The maximum Gasteiger partial charge on any atom is -0.00983 e. The van der Waals surface area contributed by atoms with E-state index in [0.29, 0.717) is 11.3 Å². The summed E-state index contributed by atoms with van der Waals surface area (Å²) in [6.45, 7) is 9.95. The minimum absolute atomic E-state index is 0.212. The molecule has 1 fully saturated rings. The molecule has 0 radical (unpaired) electrons. The number of hydrogen-bond acceptors (Lipinski definition) is 0. The van der Waals surface area contributed by atoms with Gasteiger partial charge in [-0.2, -0.15) is 0 Å². The Morgan fingerprint density at radius 3 is 1.96 bits per heavy atom. The topological polar surface area (TPSA) is 0 Å². The van der Waals surface area contributed by atoms with E-state index in [-0.39, 0.29) is 5.41 Å². The fourth-order valence-electron chi connectivity index (χ4n) is 5.78. The van der Waals surface area contributed by atoms with Crippen molar-refractivity contribution < 1.29 is 0 Å². The van der Waals surface area contributed by atoms with E-state index in [2.05, 4.69) is 88.4 Å². The fraction of sp³-hybridized carbons (Fsp3) is 0.556. The van der Waals surface area contributed by atoms with E-state index in [0.717, 1.165) is 5.92 Å². The van der Waals surface area contributed by atoms with Gasteiger partial charge in [0.1, 0.15) is 0 Å². The molecule has 3 rings (SSSR count). The van der Waals surface area contributed by atoms with Crippen molar-refractivity contribution in [3.63, 3.8) is 0 Å². The average Bonchev–Trinajstić information content (AvgIpc) is 2.69. The van der Waals surface area contributed by atoms with Crippen molar-refractivity contribution in [3.8, 4) is 0 Å². The van der Waals surface area contributed by atoms with Crippen molar-refractivity contribution in [2.45, 2.75) is 84.0 Å². The zero-order valence-corrected chi connectivity index (χ0v) is 17.9. The van der Waals surface area contributed by atoms with E-state index in [1.165, 1.54) is 56.1 Å². The predicted molar refractivity (Wildman–Crippen MR) is 118 cm³/mol. The van der Waals surface area contributed by atoms with Crippen LogP contribution in [0.1, 0.15) is 89.7 Å². The summed E-state index contributed by atoms with van der Waals surface area (Å²) in [6.07, 6.45) is 9.68. The lowest BCUT2D eigenvalue weighted by molar-refractivity contribution is 0.0807. The van der Waals surface area contributed by atoms with Crippen LogP contribution in [0.3, 0.4) is 0 Å². The summed E-state index contributed by atoms with van der Waals surface area (Å²) in [6, 6.07) is 22.3. The molecule has 0 heteroatoms. The Morgan fingerprint density at radius 1 is 0.815 bits per heavy atom. The van der Waals surface area contributed by atoms with Crippen LogP contribution in [0.2, 0.25) is 0 Å². The van der Waals surface area contributed by atoms with Gasteiger partial charge in [-0.25, -0.2) is 0 Å². The first-order valence-corrected chi connectivity index (χ1v) is 11.0. The molecule has 0 spiro atoms. The van der Waals surface area contributed by atoms with Crippen LogP contribution in [0.4, 0.5) is 0 Å². The molecule has 0 amide bonds. The molecule has 1 aliphatic rings. The van der Waals surface area contributed by atoms with E-state index in [4.69, 9.17) is 0 Å². The predicted octanol–water partition coefficient (Wildman–Crippen LogP) is 8.13. The first kappa shape index (κ1) is 20.2. The molecule has 0 saturated heterocycles. The van der Waals surface area contributed by atoms with Gasteiger partial charge in [0.25, 0.3) is 0 Å². The molecule has 1 saturated carbocycles. The van der Waals surface area contributed by atoms with Crippen molar-refractivity contribution in [1.29, 1.82) is 0 Å². The Bertz CT molecular complexity index is 678. The maximum absolute atomic E-state index is 2.60. The summed E-state index contributed by atoms with van der Waals surface area (Å²) in [4.78, 5) is 0. The van der Waals surface area contributed by atoms with Crippen molar-refractivity contribution in [1.82, 2.24) is 0 Å². The van der Waals surface area contributed by atoms with E-state index >= 15 is 0 Å². The van der Waals surface area contributed by atoms with Crippen LogP contribution in [0.25, 0.3) is 0 Å². The Balaban J connectivity index is 1.85. The van der Waals surface area contributed by atoms with Crippen LogP contribution in [0.15, 0.2) is 60.7 Å². The zero-order chi connectivity index (χ0) is 19.3. The molecule has 2 unspecified atom stereocenters. The van der Waals surface area contributed by atoms with Gasteiger partial charge in [-0.15, -0.1) is 0 Å². The Hall–Kier alpha value is -1.56. The van der Waals surface area contributed by atoms with E-state index in [9.17, 15) is 0 Å². The smallest absolute Gasteiger partial charge is 0.00983 e. The lowest BCUT2D eigenvalue weighted by atomic mass is 9.59. The number of rotatable bonds is 7. The monoisotopic (exact) mass is 362 g/mol. The quantitative estimate of drug-likeness (QED) is 0.466. The average molecular weight is 363 g/mol. The van der Waals surface area contributed by atoms with Crippen molar-refractivity contribution in [2.75, 3.05) is 0 Å². The molecule has 0 aliphatic heterocycles. The molecule has 1 aliphatic carbocycles. The molecule has 2 aromatic rings. The largest absolute Gasteiger partial charge is 0.0622 e. The van der Waals surface area contributed by atoms with E-state index in [1.807, 2.05) is 0 Å². The summed E-state index contributed by atoms with van der Waals surface area (Å²) < 4.78 is 0. The summed E-state index contributed by atoms with van der Waals surface area (Å²) >= 11 is 0. The summed E-state index contributed by atoms with van der Waals surface area (Å²) in [5.74, 6) is 1.48. The van der Waals surface area contributed by atoms with Gasteiger partial charge < -0.3 is 0 Å². The fourth-order valence-corrected chi connectivity index (χ4v) is 5.78. The van der Waals surface area contributed by atoms with Crippen LogP contribution in [0, 0.1) is 11.3 Å². The molecular formula is C27H38. The molecule has 0 nitrogen and oxygen atoms in total. The Kier molecular flexibility index (Phi) is 6.45. The highest BCUT2D eigenvalue weighted by molar-refractivity contribution is 5.25. The SMILES string of the molecule is CC(CC(C)(CC(C)(C)c1ccccc1)C1CCCCC1)c1ccccc1. The van der Waals surface area contributed by atoms with Crippen molar-refractivity contribution in [3.05, 3.63) is 71.8 Å². The van der Waals surface area contributed by atoms with Crippen molar-refractivity contribution in [2.24, 2.45) is 11.3 Å². The summed E-state index contributed by atoms with van der Waals surface area (Å²) in [5.41, 5.74) is 3.58. The molecule has 27 heavy (non-hydrogen) atoms. The maximum atomic E-state index is 2.60. The molecule has 0 heterocycles. The van der Waals surface area contributed by atoms with Crippen LogP contribution >= 0.6 is 0 Å². The second-order valence-corrected chi connectivity index (χ2v) is 9.93. The van der Waals surface area contributed by atoms with E-state index < -0.39 is 0 Å². The van der Waals surface area contributed by atoms with Gasteiger partial charge >= 0.3 is 0 Å². The molecule has 0 bridgehead atoms. The molecule has 146 valence electrons. The third-order valence-electron chi connectivity index (χ3n) is 7.13. The zero-order valence-electron chi connectivity index (χ0n) is 17.9. The lowest BCUT2D eigenvalue weighted by Crippen LogP contribution is -2.37. The lowest BCUT2D eigenvalue weighted by Gasteiger charge is -2.46. The van der Waals surface area contributed by atoms with Gasteiger partial charge in [0.15, 0.2) is 0 Å². The molecule has 2 aromatic carbocycles. The first-order valence-electron chi connectivity index (χ1n) is 11.0. The Morgan fingerprint density at radius 2 is 1.37 bits per heavy atom. The van der Waals surface area contributed by atoms with Crippen LogP contribution in [-0.2, 0) is 5.41 Å². The van der Waals surface area contributed by atoms with Crippen molar-refractivity contribution >= 4 is 0 Å². The highest BCUT2D eigenvalue weighted by atomic mass is 14.5. The third kappa shape index (κ3) is 5.03. The third-order valence-corrected chi connectivity index (χ3v) is 7.13. The summed E-state index contributed by atoms with van der Waals surface area (Å²) in [7, 11) is 0. The molecule has 2 atom stereocenters. The minimum Gasteiger partial charge on any atom is -0.0622 e. The van der Waals surface area contributed by atoms with Gasteiger partial charge in [-0.1, -0.05) is 108 Å². The van der Waals surface area contributed by atoms with Gasteiger partial charge in [-0.3, -0.25) is 0 Å². The van der Waals surface area contributed by atoms with Gasteiger partial charge in [-0.05, 0) is 59.5 Å². The highest BCUT2D eigenvalue weighted by Crippen LogP contribution is 2.51. The van der Waals surface area contributed by atoms with Crippen LogP contribution in [0.5, 0.6) is 0 Å². The minimum atomic E-state index is 0.212. The number of hydrogen-bond donors (Lipinski definition) is 0. The standard InChI is InChI=1S/C27H38/c1-22(23-14-8-5-9-15-23)20-27(4,25-18-12-7-13-19-25)21-26(2,3)24-16-10-6-11-17-24/h5-6,8-11,14-17,22,25H,7,12-13,18-21H2,1-4H3. The highest BCUT2D eigenvalue weighted by Gasteiger charge is 2.40. The van der Waals surface area contributed by atoms with Gasteiger partial charge in [0.05, 0.1) is 0 Å². The summed E-state index contributed by atoms with van der Waals surface area (Å²) in [5, 5.41) is 0. The van der Waals surface area contributed by atoms with Crippen LogP contribution in [-0.4, -0.2) is 0 Å². The first-order chi connectivity index (χ1) is 12.9. The van der Waals surface area contributed by atoms with Gasteiger partial charge in [0.2, 0.25) is 0 Å². The molecular weight excluding hydrogens is 324 g/mol. The molecule has 0 N–H and O–H groups in total. The second-order valence-electron chi connectivity index (χ2n) is 9.93. The Labute approximate surface area is 167 Å². The van der Waals surface area contributed by atoms with Crippen LogP contribution < -0.4 is 0 Å². The second kappa shape index (κ2) is 8.63. The molecule has 0 aromatic heterocycles. The van der Waals surface area contributed by atoms with E-state index in [1.54, 1.807) is 0 Å². The normalized spacial score (nSPS) is 19.4. The van der Waals surface area contributed by atoms with Gasteiger partial charge in [0, 0.05) is 0 Å².